The van der Waals surface area contributed by atoms with Gasteiger partial charge in [-0.15, -0.1) is 0 Å². The van der Waals surface area contributed by atoms with Crippen molar-refractivity contribution in [3.63, 3.8) is 0 Å². The van der Waals surface area contributed by atoms with Gasteiger partial charge in [0, 0.05) is 13.1 Å². The van der Waals surface area contributed by atoms with E-state index in [1.54, 1.807) is 0 Å². The van der Waals surface area contributed by atoms with E-state index in [2.05, 4.69) is 18.2 Å². The minimum absolute atomic E-state index is 0.104. The Morgan fingerprint density at radius 2 is 1.94 bits per heavy atom. The Morgan fingerprint density at radius 1 is 1.24 bits per heavy atom. The lowest BCUT2D eigenvalue weighted by molar-refractivity contribution is 0.0820. The molecule has 1 nitrogen and oxygen atoms in total. The van der Waals surface area contributed by atoms with Gasteiger partial charge in [0.15, 0.2) is 0 Å². The number of hydrogen-bond acceptors (Lipinski definition) is 1. The molecule has 0 radical (unpaired) electrons. The van der Waals surface area contributed by atoms with E-state index in [9.17, 15) is 8.78 Å². The second kappa shape index (κ2) is 6.70. The van der Waals surface area contributed by atoms with Crippen molar-refractivity contribution in [2.45, 2.75) is 40.2 Å². The van der Waals surface area contributed by atoms with Crippen LogP contribution in [-0.2, 0) is 13.0 Å². The summed E-state index contributed by atoms with van der Waals surface area (Å²) in [5, 5.41) is 0. The van der Waals surface area contributed by atoms with Crippen molar-refractivity contribution in [1.82, 2.24) is 4.90 Å². The molecule has 3 heteroatoms. The molecule has 1 aromatic carbocycles. The van der Waals surface area contributed by atoms with Crippen LogP contribution in [0.25, 0.3) is 0 Å². The van der Waals surface area contributed by atoms with Crippen LogP contribution >= 0.6 is 0 Å². The summed E-state index contributed by atoms with van der Waals surface area (Å²) in [7, 11) is 0. The van der Waals surface area contributed by atoms with Gasteiger partial charge in [-0.05, 0) is 24.5 Å². The lowest BCUT2D eigenvalue weighted by Gasteiger charge is -2.28. The highest BCUT2D eigenvalue weighted by Crippen LogP contribution is 2.20. The summed E-state index contributed by atoms with van der Waals surface area (Å²) in [5.41, 5.74) is 3.72. The van der Waals surface area contributed by atoms with E-state index in [0.29, 0.717) is 6.54 Å². The minimum atomic E-state index is -2.23. The molecule has 0 bridgehead atoms. The van der Waals surface area contributed by atoms with Gasteiger partial charge < -0.3 is 0 Å². The van der Waals surface area contributed by atoms with Gasteiger partial charge in [-0.1, -0.05) is 37.6 Å². The fraction of sp³-hybridized carbons (Fsp3) is 0.571. The van der Waals surface area contributed by atoms with E-state index in [1.807, 2.05) is 25.7 Å². The van der Waals surface area contributed by atoms with Crippen LogP contribution in [-0.4, -0.2) is 24.4 Å². The largest absolute Gasteiger partial charge is 0.293 e. The summed E-state index contributed by atoms with van der Waals surface area (Å²) in [6.07, 6.45) is -1.33. The second-order valence-electron chi connectivity index (χ2n) is 4.15. The molecular formula is C14H21F2N. The average Bonchev–Trinajstić information content (AvgIpc) is 2.30. The summed E-state index contributed by atoms with van der Waals surface area (Å²) in [4.78, 5) is 1.83. The van der Waals surface area contributed by atoms with Gasteiger partial charge in [-0.2, -0.15) is 0 Å². The highest BCUT2D eigenvalue weighted by molar-refractivity contribution is 5.33. The third-order valence-electron chi connectivity index (χ3n) is 2.85. The predicted octanol–water partition coefficient (Wildman–Crippen LogP) is 3.64. The van der Waals surface area contributed by atoms with Crippen LogP contribution in [0.4, 0.5) is 8.78 Å². The van der Waals surface area contributed by atoms with Gasteiger partial charge in [0.25, 0.3) is 6.43 Å². The zero-order valence-electron chi connectivity index (χ0n) is 10.8. The van der Waals surface area contributed by atoms with Crippen molar-refractivity contribution in [2.75, 3.05) is 13.1 Å². The molecule has 1 aliphatic heterocycles. The number of alkyl halides is 2. The number of nitrogens with zero attached hydrogens (tertiary/aromatic N) is 1. The van der Waals surface area contributed by atoms with Crippen molar-refractivity contribution in [3.8, 4) is 0 Å². The van der Waals surface area contributed by atoms with Gasteiger partial charge in [0.05, 0.1) is 6.54 Å². The molecule has 2 rings (SSSR count). The number of hydrogen-bond donors (Lipinski definition) is 0. The van der Waals surface area contributed by atoms with Gasteiger partial charge in [0.1, 0.15) is 0 Å². The zero-order valence-corrected chi connectivity index (χ0v) is 10.8. The maximum absolute atomic E-state index is 12.2. The molecule has 17 heavy (non-hydrogen) atoms. The molecule has 0 atom stereocenters. The molecule has 1 heterocycles. The first kappa shape index (κ1) is 14.1. The molecular weight excluding hydrogens is 220 g/mol. The van der Waals surface area contributed by atoms with Crippen LogP contribution in [0.5, 0.6) is 0 Å². The Hall–Kier alpha value is -0.960. The summed E-state index contributed by atoms with van der Waals surface area (Å²) < 4.78 is 24.5. The van der Waals surface area contributed by atoms with Gasteiger partial charge in [0.2, 0.25) is 0 Å². The third-order valence-corrected chi connectivity index (χ3v) is 2.85. The number of rotatable bonds is 2. The van der Waals surface area contributed by atoms with Gasteiger partial charge >= 0.3 is 0 Å². The van der Waals surface area contributed by atoms with Gasteiger partial charge in [-0.3, -0.25) is 4.90 Å². The zero-order chi connectivity index (χ0) is 12.8. The molecule has 96 valence electrons. The number of aryl methyl sites for hydroxylation is 1. The number of benzene rings is 1. The Labute approximate surface area is 102 Å². The monoisotopic (exact) mass is 241 g/mol. The first-order chi connectivity index (χ1) is 8.15. The lowest BCUT2D eigenvalue weighted by Crippen LogP contribution is -2.34. The molecule has 0 unspecified atom stereocenters. The topological polar surface area (TPSA) is 3.24 Å². The predicted molar refractivity (Wildman–Crippen MR) is 67.5 cm³/mol. The standard InChI is InChI=1S/C12H15F2N.C2H6/c1-9-2-3-10-4-5-15(8-12(13)14)7-11(10)6-9;1-2/h2-3,6,12H,4-5,7-8H2,1H3;1-2H3. The SMILES string of the molecule is CC.Cc1ccc2c(c1)CN(CC(F)F)CC2. The Balaban J connectivity index is 0.000000686. The molecule has 0 spiro atoms. The summed E-state index contributed by atoms with van der Waals surface area (Å²) in [6, 6.07) is 6.30. The first-order valence-electron chi connectivity index (χ1n) is 6.24. The maximum atomic E-state index is 12.2. The van der Waals surface area contributed by atoms with E-state index in [1.165, 1.54) is 16.7 Å². The van der Waals surface area contributed by atoms with E-state index in [0.717, 1.165) is 13.0 Å². The molecule has 1 aliphatic rings. The molecule has 0 aliphatic carbocycles. The number of halogens is 2. The molecule has 0 saturated heterocycles. The molecule has 1 aromatic rings. The molecule has 0 N–H and O–H groups in total. The normalized spacial score (nSPS) is 15.2. The van der Waals surface area contributed by atoms with E-state index >= 15 is 0 Å². The van der Waals surface area contributed by atoms with Crippen LogP contribution in [0.2, 0.25) is 0 Å². The summed E-state index contributed by atoms with van der Waals surface area (Å²) in [5.74, 6) is 0. The highest BCUT2D eigenvalue weighted by atomic mass is 19.3. The van der Waals surface area contributed by atoms with Crippen LogP contribution in [0.3, 0.4) is 0 Å². The van der Waals surface area contributed by atoms with Crippen LogP contribution in [0.1, 0.15) is 30.5 Å². The Bertz CT molecular complexity index is 350. The Morgan fingerprint density at radius 3 is 2.59 bits per heavy atom. The first-order valence-corrected chi connectivity index (χ1v) is 6.24. The van der Waals surface area contributed by atoms with Crippen LogP contribution in [0, 0.1) is 6.92 Å². The van der Waals surface area contributed by atoms with Crippen molar-refractivity contribution >= 4 is 0 Å². The molecule has 0 amide bonds. The molecule has 0 fully saturated rings. The second-order valence-corrected chi connectivity index (χ2v) is 4.15. The van der Waals surface area contributed by atoms with Crippen molar-refractivity contribution in [2.24, 2.45) is 0 Å². The molecule has 0 saturated carbocycles. The van der Waals surface area contributed by atoms with E-state index < -0.39 is 6.43 Å². The smallest absolute Gasteiger partial charge is 0.251 e. The average molecular weight is 241 g/mol. The van der Waals surface area contributed by atoms with Crippen LogP contribution < -0.4 is 0 Å². The van der Waals surface area contributed by atoms with Crippen molar-refractivity contribution in [1.29, 1.82) is 0 Å². The van der Waals surface area contributed by atoms with Crippen molar-refractivity contribution in [3.05, 3.63) is 34.9 Å². The fourth-order valence-corrected chi connectivity index (χ4v) is 2.10. The minimum Gasteiger partial charge on any atom is -0.293 e. The lowest BCUT2D eigenvalue weighted by atomic mass is 9.98. The summed E-state index contributed by atoms with van der Waals surface area (Å²) in [6.45, 7) is 7.35. The quantitative estimate of drug-likeness (QED) is 0.764. The molecule has 0 aromatic heterocycles. The fourth-order valence-electron chi connectivity index (χ4n) is 2.10. The third kappa shape index (κ3) is 4.08. The van der Waals surface area contributed by atoms with Crippen LogP contribution in [0.15, 0.2) is 18.2 Å². The maximum Gasteiger partial charge on any atom is 0.251 e. The number of fused-ring (bicyclic) bond motifs is 1. The van der Waals surface area contributed by atoms with E-state index in [-0.39, 0.29) is 6.54 Å². The Kier molecular flexibility index (Phi) is 5.56. The highest BCUT2D eigenvalue weighted by Gasteiger charge is 2.18. The van der Waals surface area contributed by atoms with E-state index in [4.69, 9.17) is 0 Å². The summed E-state index contributed by atoms with van der Waals surface area (Å²) >= 11 is 0. The van der Waals surface area contributed by atoms with Gasteiger partial charge in [-0.25, -0.2) is 8.78 Å². The van der Waals surface area contributed by atoms with Crippen molar-refractivity contribution < 1.29 is 8.78 Å².